The van der Waals surface area contributed by atoms with Crippen LogP contribution in [0.4, 0.5) is 0 Å². The Hall–Kier alpha value is -2.53. The maximum absolute atomic E-state index is 12.9. The molecule has 0 spiro atoms. The van der Waals surface area contributed by atoms with Crippen molar-refractivity contribution in [1.29, 1.82) is 0 Å². The molecule has 1 aliphatic heterocycles. The molecule has 0 bridgehead atoms. The van der Waals surface area contributed by atoms with Crippen LogP contribution in [0.25, 0.3) is 0 Å². The van der Waals surface area contributed by atoms with E-state index in [4.69, 9.17) is 16.3 Å². The molecule has 2 aromatic rings. The van der Waals surface area contributed by atoms with Crippen LogP contribution in [0.2, 0.25) is 5.02 Å². The molecule has 2 amide bonds. The van der Waals surface area contributed by atoms with Crippen molar-refractivity contribution in [2.45, 2.75) is 45.1 Å². The Morgan fingerprint density at radius 2 is 1.70 bits per heavy atom. The predicted octanol–water partition coefficient (Wildman–Crippen LogP) is 4.68. The second-order valence-corrected chi connectivity index (χ2v) is 9.15. The first-order valence-corrected chi connectivity index (χ1v) is 10.6. The van der Waals surface area contributed by atoms with E-state index in [0.717, 1.165) is 0 Å². The topological polar surface area (TPSA) is 58.6 Å². The van der Waals surface area contributed by atoms with E-state index in [-0.39, 0.29) is 23.3 Å². The largest absolute Gasteiger partial charge is 0.496 e. The van der Waals surface area contributed by atoms with E-state index < -0.39 is 0 Å². The summed E-state index contributed by atoms with van der Waals surface area (Å²) in [6.45, 7) is 7.59. The first kappa shape index (κ1) is 22.2. The third-order valence-electron chi connectivity index (χ3n) is 5.52. The minimum absolute atomic E-state index is 0.0464. The average Bonchev–Trinajstić information content (AvgIpc) is 2.73. The monoisotopic (exact) mass is 428 g/mol. The van der Waals surface area contributed by atoms with Crippen molar-refractivity contribution in [1.82, 2.24) is 10.2 Å². The molecule has 0 aromatic heterocycles. The second kappa shape index (κ2) is 9.09. The number of carbonyl (C=O) groups is 2. The number of nitrogens with zero attached hydrogens (tertiary/aromatic N) is 1. The molecule has 30 heavy (non-hydrogen) atoms. The Morgan fingerprint density at radius 1 is 1.07 bits per heavy atom. The summed E-state index contributed by atoms with van der Waals surface area (Å²) in [4.78, 5) is 27.3. The van der Waals surface area contributed by atoms with Crippen LogP contribution in [0.5, 0.6) is 5.75 Å². The SMILES string of the molecule is COc1ccc(Cl)cc1C(=O)N1CCC(NC(=O)c2ccc(C(C)(C)C)cc2)CC1. The number of likely N-dealkylation sites (tertiary alicyclic amines) is 1. The summed E-state index contributed by atoms with van der Waals surface area (Å²) in [7, 11) is 1.54. The first-order valence-electron chi connectivity index (χ1n) is 10.2. The summed E-state index contributed by atoms with van der Waals surface area (Å²) in [5.74, 6) is 0.340. The highest BCUT2D eigenvalue weighted by Crippen LogP contribution is 2.26. The second-order valence-electron chi connectivity index (χ2n) is 8.71. The maximum atomic E-state index is 12.9. The fourth-order valence-electron chi connectivity index (χ4n) is 3.63. The quantitative estimate of drug-likeness (QED) is 0.769. The molecule has 5 nitrogen and oxygen atoms in total. The number of carbonyl (C=O) groups excluding carboxylic acids is 2. The smallest absolute Gasteiger partial charge is 0.257 e. The summed E-state index contributed by atoms with van der Waals surface area (Å²) in [5, 5.41) is 3.60. The molecule has 0 aliphatic carbocycles. The normalized spacial score (nSPS) is 15.0. The number of benzene rings is 2. The predicted molar refractivity (Wildman–Crippen MR) is 120 cm³/mol. The van der Waals surface area contributed by atoms with Crippen molar-refractivity contribution in [3.8, 4) is 5.75 Å². The first-order chi connectivity index (χ1) is 14.2. The van der Waals surface area contributed by atoms with Gasteiger partial charge in [-0.25, -0.2) is 0 Å². The van der Waals surface area contributed by atoms with Crippen LogP contribution in [0.15, 0.2) is 42.5 Å². The van der Waals surface area contributed by atoms with E-state index in [1.165, 1.54) is 12.7 Å². The minimum Gasteiger partial charge on any atom is -0.496 e. The van der Waals surface area contributed by atoms with Crippen LogP contribution in [-0.4, -0.2) is 43.0 Å². The number of piperidine rings is 1. The van der Waals surface area contributed by atoms with Gasteiger partial charge in [-0.15, -0.1) is 0 Å². The number of rotatable bonds is 4. The molecule has 0 radical (unpaired) electrons. The Balaban J connectivity index is 1.57. The summed E-state index contributed by atoms with van der Waals surface area (Å²) >= 11 is 6.06. The van der Waals surface area contributed by atoms with Gasteiger partial charge in [0.1, 0.15) is 5.75 Å². The van der Waals surface area contributed by atoms with Crippen molar-refractivity contribution < 1.29 is 14.3 Å². The molecular weight excluding hydrogens is 400 g/mol. The van der Waals surface area contributed by atoms with E-state index in [9.17, 15) is 9.59 Å². The fourth-order valence-corrected chi connectivity index (χ4v) is 3.81. The highest BCUT2D eigenvalue weighted by atomic mass is 35.5. The standard InChI is InChI=1S/C24H29ClN2O3/c1-24(2,3)17-7-5-16(6-8-17)22(28)26-19-11-13-27(14-12-19)23(29)20-15-18(25)9-10-21(20)30-4/h5-10,15,19H,11-14H2,1-4H3,(H,26,28). The molecule has 1 heterocycles. The van der Waals surface area contributed by atoms with Gasteiger partial charge in [-0.3, -0.25) is 9.59 Å². The summed E-state index contributed by atoms with van der Waals surface area (Å²) in [5.41, 5.74) is 2.37. The molecule has 0 saturated carbocycles. The van der Waals surface area contributed by atoms with Gasteiger partial charge in [0.2, 0.25) is 0 Å². The van der Waals surface area contributed by atoms with Crippen molar-refractivity contribution in [3.05, 3.63) is 64.2 Å². The highest BCUT2D eigenvalue weighted by molar-refractivity contribution is 6.31. The van der Waals surface area contributed by atoms with Crippen molar-refractivity contribution in [3.63, 3.8) is 0 Å². The Bertz CT molecular complexity index is 911. The van der Waals surface area contributed by atoms with Crippen molar-refractivity contribution in [2.75, 3.05) is 20.2 Å². The molecular formula is C24H29ClN2O3. The number of nitrogens with one attached hydrogen (secondary N) is 1. The number of methoxy groups -OCH3 is 1. The van der Waals surface area contributed by atoms with Gasteiger partial charge in [0.25, 0.3) is 11.8 Å². The molecule has 1 saturated heterocycles. The molecule has 1 fully saturated rings. The van der Waals surface area contributed by atoms with Gasteiger partial charge in [-0.1, -0.05) is 44.5 Å². The van der Waals surface area contributed by atoms with Crippen molar-refractivity contribution >= 4 is 23.4 Å². The molecule has 3 rings (SSSR count). The lowest BCUT2D eigenvalue weighted by Gasteiger charge is -2.32. The maximum Gasteiger partial charge on any atom is 0.257 e. The molecule has 1 aliphatic rings. The minimum atomic E-state index is -0.100. The third kappa shape index (κ3) is 5.14. The number of hydrogen-bond donors (Lipinski definition) is 1. The lowest BCUT2D eigenvalue weighted by molar-refractivity contribution is 0.0695. The van der Waals surface area contributed by atoms with Crippen LogP contribution in [0.1, 0.15) is 59.9 Å². The van der Waals surface area contributed by atoms with Crippen LogP contribution in [0.3, 0.4) is 0 Å². The molecule has 6 heteroatoms. The van der Waals surface area contributed by atoms with E-state index in [1.54, 1.807) is 23.1 Å². The van der Waals surface area contributed by atoms with E-state index in [0.29, 0.717) is 47.8 Å². The van der Waals surface area contributed by atoms with Gasteiger partial charge < -0.3 is 15.0 Å². The highest BCUT2D eigenvalue weighted by Gasteiger charge is 2.26. The van der Waals surface area contributed by atoms with Gasteiger partial charge in [-0.05, 0) is 54.2 Å². The Morgan fingerprint density at radius 3 is 2.27 bits per heavy atom. The van der Waals surface area contributed by atoms with Gasteiger partial charge in [0, 0.05) is 29.7 Å². The molecule has 0 unspecified atom stereocenters. The van der Waals surface area contributed by atoms with E-state index in [2.05, 4.69) is 26.1 Å². The van der Waals surface area contributed by atoms with Crippen LogP contribution >= 0.6 is 11.6 Å². The average molecular weight is 429 g/mol. The Labute approximate surface area is 183 Å². The number of ether oxygens (including phenoxy) is 1. The lowest BCUT2D eigenvalue weighted by Crippen LogP contribution is -2.46. The van der Waals surface area contributed by atoms with Gasteiger partial charge in [-0.2, -0.15) is 0 Å². The molecule has 2 aromatic carbocycles. The number of hydrogen-bond acceptors (Lipinski definition) is 3. The summed E-state index contributed by atoms with van der Waals surface area (Å²) in [6.07, 6.45) is 1.42. The number of amides is 2. The zero-order chi connectivity index (χ0) is 21.9. The third-order valence-corrected chi connectivity index (χ3v) is 5.76. The van der Waals surface area contributed by atoms with Crippen molar-refractivity contribution in [2.24, 2.45) is 0 Å². The number of halogens is 1. The zero-order valence-corrected chi connectivity index (χ0v) is 18.8. The zero-order valence-electron chi connectivity index (χ0n) is 18.0. The van der Waals surface area contributed by atoms with Crippen LogP contribution < -0.4 is 10.1 Å². The summed E-state index contributed by atoms with van der Waals surface area (Å²) in [6, 6.07) is 12.9. The molecule has 1 N–H and O–H groups in total. The lowest BCUT2D eigenvalue weighted by atomic mass is 9.86. The van der Waals surface area contributed by atoms with Gasteiger partial charge >= 0.3 is 0 Å². The van der Waals surface area contributed by atoms with E-state index in [1.807, 2.05) is 24.3 Å². The van der Waals surface area contributed by atoms with Crippen LogP contribution in [-0.2, 0) is 5.41 Å². The molecule has 0 atom stereocenters. The Kier molecular flexibility index (Phi) is 6.71. The van der Waals surface area contributed by atoms with Crippen LogP contribution in [0, 0.1) is 0 Å². The van der Waals surface area contributed by atoms with E-state index >= 15 is 0 Å². The van der Waals surface area contributed by atoms with Gasteiger partial charge in [0.15, 0.2) is 0 Å². The fraction of sp³-hybridized carbons (Fsp3) is 0.417. The van der Waals surface area contributed by atoms with Gasteiger partial charge in [0.05, 0.1) is 12.7 Å². The summed E-state index contributed by atoms with van der Waals surface area (Å²) < 4.78 is 5.30. The molecule has 160 valence electrons.